The van der Waals surface area contributed by atoms with Crippen molar-refractivity contribution in [3.8, 4) is 29.0 Å². The summed E-state index contributed by atoms with van der Waals surface area (Å²) >= 11 is 5.96. The highest BCUT2D eigenvalue weighted by Gasteiger charge is 2.29. The molecule has 0 radical (unpaired) electrons. The van der Waals surface area contributed by atoms with Crippen LogP contribution in [0.3, 0.4) is 0 Å². The summed E-state index contributed by atoms with van der Waals surface area (Å²) in [5, 5.41) is 12.4. The van der Waals surface area contributed by atoms with Gasteiger partial charge >= 0.3 is 0 Å². The van der Waals surface area contributed by atoms with Crippen LogP contribution >= 0.6 is 11.6 Å². The summed E-state index contributed by atoms with van der Waals surface area (Å²) in [5.41, 5.74) is 1.71. The predicted molar refractivity (Wildman–Crippen MR) is 132 cm³/mol. The third-order valence-electron chi connectivity index (χ3n) is 5.65. The Bertz CT molecular complexity index is 1280. The van der Waals surface area contributed by atoms with Gasteiger partial charge in [-0.25, -0.2) is 14.4 Å². The molecule has 4 heterocycles. The van der Waals surface area contributed by atoms with E-state index in [4.69, 9.17) is 21.1 Å². The molecule has 186 valence electrons. The third kappa shape index (κ3) is 6.24. The molecule has 3 aromatic rings. The average Bonchev–Trinajstić information content (AvgIpc) is 2.87. The van der Waals surface area contributed by atoms with Gasteiger partial charge in [0, 0.05) is 37.5 Å². The van der Waals surface area contributed by atoms with Crippen molar-refractivity contribution in [3.63, 3.8) is 0 Å². The van der Waals surface area contributed by atoms with Crippen molar-refractivity contribution >= 4 is 23.3 Å². The quantitative estimate of drug-likeness (QED) is 0.512. The molecule has 11 heteroatoms. The molecule has 2 atom stereocenters. The van der Waals surface area contributed by atoms with E-state index in [2.05, 4.69) is 20.3 Å². The summed E-state index contributed by atoms with van der Waals surface area (Å²) in [5.74, 6) is 0.794. The predicted octanol–water partition coefficient (Wildman–Crippen LogP) is 3.67. The molecular formula is C25H24ClFN6O3. The van der Waals surface area contributed by atoms with Crippen LogP contribution in [0.2, 0.25) is 5.02 Å². The monoisotopic (exact) mass is 510 g/mol. The topological polar surface area (TPSA) is 113 Å². The van der Waals surface area contributed by atoms with Gasteiger partial charge in [-0.1, -0.05) is 17.7 Å². The number of nitrogens with one attached hydrogen (secondary N) is 1. The number of nitriles is 1. The van der Waals surface area contributed by atoms with E-state index in [0.717, 1.165) is 6.54 Å². The summed E-state index contributed by atoms with van der Waals surface area (Å²) in [6.45, 7) is 1.03. The van der Waals surface area contributed by atoms with E-state index in [1.165, 1.54) is 25.4 Å². The first-order chi connectivity index (χ1) is 17.3. The molecule has 3 aromatic heterocycles. The van der Waals surface area contributed by atoms with Crippen molar-refractivity contribution in [2.45, 2.75) is 25.1 Å². The number of piperidine rings is 1. The Balaban J connectivity index is 1.44. The molecule has 0 aromatic carbocycles. The van der Waals surface area contributed by atoms with E-state index in [0.29, 0.717) is 52.3 Å². The van der Waals surface area contributed by atoms with Gasteiger partial charge in [0.25, 0.3) is 0 Å². The van der Waals surface area contributed by atoms with Crippen LogP contribution in [0.1, 0.15) is 17.7 Å². The van der Waals surface area contributed by atoms with Gasteiger partial charge in [-0.05, 0) is 25.1 Å². The molecule has 0 saturated carbocycles. The number of halogens is 2. The number of aromatic nitrogens is 3. The van der Waals surface area contributed by atoms with E-state index < -0.39 is 12.3 Å². The lowest BCUT2D eigenvalue weighted by Gasteiger charge is -2.32. The Morgan fingerprint density at radius 3 is 2.81 bits per heavy atom. The van der Waals surface area contributed by atoms with Gasteiger partial charge in [0.1, 0.15) is 46.4 Å². The lowest BCUT2D eigenvalue weighted by atomic mass is 10.1. The second-order valence-electron chi connectivity index (χ2n) is 8.39. The van der Waals surface area contributed by atoms with E-state index in [1.54, 1.807) is 24.4 Å². The number of ether oxygens (including phenoxy) is 2. The first-order valence-corrected chi connectivity index (χ1v) is 11.6. The number of nitrogens with zero attached hydrogens (tertiary/aromatic N) is 5. The van der Waals surface area contributed by atoms with Crippen LogP contribution in [0.5, 0.6) is 11.5 Å². The molecule has 1 aliphatic rings. The first-order valence-electron chi connectivity index (χ1n) is 11.2. The molecule has 36 heavy (non-hydrogen) atoms. The number of hydrogen-bond acceptors (Lipinski definition) is 8. The fourth-order valence-electron chi connectivity index (χ4n) is 3.80. The van der Waals surface area contributed by atoms with E-state index >= 15 is 0 Å². The molecule has 2 unspecified atom stereocenters. The highest BCUT2D eigenvalue weighted by Crippen LogP contribution is 2.27. The summed E-state index contributed by atoms with van der Waals surface area (Å²) in [6.07, 6.45) is 1.84. The number of anilines is 1. The van der Waals surface area contributed by atoms with Crippen LogP contribution in [-0.4, -0.2) is 65.3 Å². The summed E-state index contributed by atoms with van der Waals surface area (Å²) < 4.78 is 25.4. The normalized spacial score (nSPS) is 17.8. The SMILES string of the molecule is COc1cc(NC(=O)Cc2ccc(-c3cc(OC4CCN(C)CC4F)cc(C#N)n3)nc2)ncc1Cl. The fraction of sp³-hybridized carbons (Fsp3) is 0.320. The van der Waals surface area contributed by atoms with E-state index in [-0.39, 0.29) is 18.0 Å². The van der Waals surface area contributed by atoms with Crippen molar-refractivity contribution in [3.05, 3.63) is 59.0 Å². The average molecular weight is 511 g/mol. The summed E-state index contributed by atoms with van der Waals surface area (Å²) in [6, 6.07) is 10.1. The highest BCUT2D eigenvalue weighted by atomic mass is 35.5. The maximum absolute atomic E-state index is 14.4. The van der Waals surface area contributed by atoms with Gasteiger partial charge in [-0.3, -0.25) is 9.78 Å². The first kappa shape index (κ1) is 25.3. The molecule has 4 rings (SSSR count). The maximum atomic E-state index is 14.4. The van der Waals surface area contributed by atoms with Crippen molar-refractivity contribution in [2.24, 2.45) is 0 Å². The van der Waals surface area contributed by atoms with Crippen LogP contribution in [0.25, 0.3) is 11.4 Å². The largest absolute Gasteiger partial charge is 0.495 e. The van der Waals surface area contributed by atoms with Crippen LogP contribution in [0, 0.1) is 11.3 Å². The number of carbonyl (C=O) groups excluding carboxylic acids is 1. The number of likely N-dealkylation sites (tertiary alicyclic amines) is 1. The van der Waals surface area contributed by atoms with E-state index in [9.17, 15) is 14.4 Å². The number of rotatable bonds is 7. The second-order valence-corrected chi connectivity index (χ2v) is 8.80. The lowest BCUT2D eigenvalue weighted by Crippen LogP contribution is -2.45. The highest BCUT2D eigenvalue weighted by molar-refractivity contribution is 6.32. The molecular weight excluding hydrogens is 487 g/mol. The van der Waals surface area contributed by atoms with Crippen LogP contribution < -0.4 is 14.8 Å². The number of hydrogen-bond donors (Lipinski definition) is 1. The third-order valence-corrected chi connectivity index (χ3v) is 5.93. The van der Waals surface area contributed by atoms with Gasteiger partial charge in [0.15, 0.2) is 0 Å². The second kappa shape index (κ2) is 11.3. The molecule has 1 fully saturated rings. The Labute approximate surface area is 212 Å². The lowest BCUT2D eigenvalue weighted by molar-refractivity contribution is -0.115. The number of alkyl halides is 1. The zero-order chi connectivity index (χ0) is 25.7. The van der Waals surface area contributed by atoms with Crippen molar-refractivity contribution in [1.82, 2.24) is 19.9 Å². The van der Waals surface area contributed by atoms with Gasteiger partial charge in [0.2, 0.25) is 5.91 Å². The van der Waals surface area contributed by atoms with Crippen molar-refractivity contribution < 1.29 is 18.7 Å². The number of amides is 1. The van der Waals surface area contributed by atoms with Gasteiger partial charge < -0.3 is 19.7 Å². The Hall–Kier alpha value is -3.81. The minimum Gasteiger partial charge on any atom is -0.495 e. The van der Waals surface area contributed by atoms with Crippen molar-refractivity contribution in [1.29, 1.82) is 5.26 Å². The van der Waals surface area contributed by atoms with Gasteiger partial charge in [-0.2, -0.15) is 5.26 Å². The molecule has 1 saturated heterocycles. The van der Waals surface area contributed by atoms with E-state index in [1.807, 2.05) is 18.0 Å². The number of carbonyl (C=O) groups is 1. The Morgan fingerprint density at radius 1 is 1.28 bits per heavy atom. The maximum Gasteiger partial charge on any atom is 0.230 e. The molecule has 1 aliphatic heterocycles. The standard InChI is InChI=1S/C25H24ClFN6O3/c1-33-6-5-22(19(27)14-33)36-17-8-16(11-28)31-21(9-17)20-4-3-15(12-29-20)7-25(34)32-24-10-23(35-2)18(26)13-30-24/h3-4,8-10,12-13,19,22H,5-7,14H2,1-2H3,(H,30,32,34). The fourth-order valence-corrected chi connectivity index (χ4v) is 3.98. The molecule has 0 aliphatic carbocycles. The number of pyridine rings is 3. The van der Waals surface area contributed by atoms with Crippen LogP contribution in [0.15, 0.2) is 42.7 Å². The Morgan fingerprint density at radius 2 is 2.11 bits per heavy atom. The molecule has 9 nitrogen and oxygen atoms in total. The molecule has 1 N–H and O–H groups in total. The summed E-state index contributed by atoms with van der Waals surface area (Å²) in [4.78, 5) is 27.1. The zero-order valence-electron chi connectivity index (χ0n) is 19.7. The minimum absolute atomic E-state index is 0.0634. The van der Waals surface area contributed by atoms with Gasteiger partial charge in [-0.15, -0.1) is 0 Å². The van der Waals surface area contributed by atoms with Crippen LogP contribution in [0.4, 0.5) is 10.2 Å². The summed E-state index contributed by atoms with van der Waals surface area (Å²) in [7, 11) is 3.34. The molecule has 1 amide bonds. The Kier molecular flexibility index (Phi) is 7.93. The smallest absolute Gasteiger partial charge is 0.230 e. The van der Waals surface area contributed by atoms with Gasteiger partial charge in [0.05, 0.1) is 31.1 Å². The van der Waals surface area contributed by atoms with Crippen LogP contribution in [-0.2, 0) is 11.2 Å². The minimum atomic E-state index is -1.13. The molecule has 0 bridgehead atoms. The molecule has 0 spiro atoms. The van der Waals surface area contributed by atoms with Crippen molar-refractivity contribution in [2.75, 3.05) is 32.6 Å². The number of methoxy groups -OCH3 is 1. The zero-order valence-corrected chi connectivity index (χ0v) is 20.5.